The Morgan fingerprint density at radius 1 is 1.06 bits per heavy atom. The molecule has 0 saturated carbocycles. The van der Waals surface area contributed by atoms with E-state index in [1.165, 1.54) is 16.8 Å². The molecule has 4 aromatic rings. The number of nitrogens with zero attached hydrogens (tertiary/aromatic N) is 4. The van der Waals surface area contributed by atoms with E-state index in [2.05, 4.69) is 5.10 Å². The predicted octanol–water partition coefficient (Wildman–Crippen LogP) is 3.91. The summed E-state index contributed by atoms with van der Waals surface area (Å²) in [5.41, 5.74) is 0.955. The topological polar surface area (TPSA) is 77.3 Å². The average molecular weight is 447 g/mol. The van der Waals surface area contributed by atoms with Gasteiger partial charge in [-0.2, -0.15) is 5.10 Å². The minimum absolute atomic E-state index is 0.0662. The quantitative estimate of drug-likeness (QED) is 0.449. The van der Waals surface area contributed by atoms with E-state index in [4.69, 9.17) is 9.72 Å². The van der Waals surface area contributed by atoms with Gasteiger partial charge in [0.1, 0.15) is 23.1 Å². The molecule has 1 fully saturated rings. The molecule has 0 bridgehead atoms. The smallest absolute Gasteiger partial charge is 0.274 e. The molecule has 1 atom stereocenters. The Hall–Kier alpha value is -3.52. The van der Waals surface area contributed by atoms with Crippen LogP contribution in [0.1, 0.15) is 34.4 Å². The molecule has 7 nitrogen and oxygen atoms in total. The fraction of sp³-hybridized carbons (Fsp3) is 0.250. The van der Waals surface area contributed by atoms with Gasteiger partial charge in [0.15, 0.2) is 0 Å². The number of hydrogen-bond acceptors (Lipinski definition) is 6. The van der Waals surface area contributed by atoms with Crippen molar-refractivity contribution in [2.45, 2.75) is 25.4 Å². The van der Waals surface area contributed by atoms with E-state index >= 15 is 0 Å². The first-order valence-electron chi connectivity index (χ1n) is 10.6. The number of fused-ring (bicyclic) bond motifs is 1. The molecule has 1 aliphatic heterocycles. The Balaban J connectivity index is 1.33. The molecule has 1 saturated heterocycles. The van der Waals surface area contributed by atoms with Crippen LogP contribution in [0.3, 0.4) is 0 Å². The molecular formula is C24H22N4O3S. The zero-order chi connectivity index (χ0) is 21.9. The minimum Gasteiger partial charge on any atom is -0.492 e. The third-order valence-corrected chi connectivity index (χ3v) is 6.65. The van der Waals surface area contributed by atoms with E-state index in [1.54, 1.807) is 11.3 Å². The highest BCUT2D eigenvalue weighted by Crippen LogP contribution is 2.37. The maximum absolute atomic E-state index is 13.3. The number of benzene rings is 2. The van der Waals surface area contributed by atoms with Crippen molar-refractivity contribution in [3.05, 3.63) is 87.8 Å². The molecule has 0 aliphatic carbocycles. The average Bonchev–Trinajstić information content (AvgIpc) is 3.47. The second kappa shape index (κ2) is 8.92. The van der Waals surface area contributed by atoms with Gasteiger partial charge in [-0.05, 0) is 43.2 Å². The number of thiazole rings is 1. The molecule has 0 N–H and O–H groups in total. The van der Waals surface area contributed by atoms with Gasteiger partial charge >= 0.3 is 0 Å². The monoisotopic (exact) mass is 446 g/mol. The highest BCUT2D eigenvalue weighted by Gasteiger charge is 2.33. The number of carbonyl (C=O) groups is 1. The number of aromatic nitrogens is 3. The zero-order valence-corrected chi connectivity index (χ0v) is 18.2. The van der Waals surface area contributed by atoms with E-state index in [0.29, 0.717) is 6.54 Å². The van der Waals surface area contributed by atoms with E-state index in [0.717, 1.165) is 33.8 Å². The first kappa shape index (κ1) is 20.4. The molecule has 0 spiro atoms. The Kier molecular flexibility index (Phi) is 5.68. The lowest BCUT2D eigenvalue weighted by Crippen LogP contribution is -2.34. The first-order chi connectivity index (χ1) is 15.7. The summed E-state index contributed by atoms with van der Waals surface area (Å²) in [6.45, 7) is 1.19. The van der Waals surface area contributed by atoms with Crippen LogP contribution < -0.4 is 10.3 Å². The van der Waals surface area contributed by atoms with Crippen LogP contribution in [0.2, 0.25) is 0 Å². The van der Waals surface area contributed by atoms with Gasteiger partial charge in [-0.1, -0.05) is 30.3 Å². The molecule has 3 heterocycles. The van der Waals surface area contributed by atoms with Crippen LogP contribution >= 0.6 is 11.3 Å². The van der Waals surface area contributed by atoms with Crippen molar-refractivity contribution in [3.63, 3.8) is 0 Å². The lowest BCUT2D eigenvalue weighted by atomic mass is 10.2. The van der Waals surface area contributed by atoms with Gasteiger partial charge in [-0.25, -0.2) is 9.67 Å². The number of likely N-dealkylation sites (tertiary alicyclic amines) is 1. The lowest BCUT2D eigenvalue weighted by Gasteiger charge is -2.22. The molecule has 2 aromatic heterocycles. The Morgan fingerprint density at radius 2 is 1.88 bits per heavy atom. The van der Waals surface area contributed by atoms with Crippen LogP contribution in [0.15, 0.2) is 71.5 Å². The molecular weight excluding hydrogens is 424 g/mol. The van der Waals surface area contributed by atoms with Gasteiger partial charge in [0.25, 0.3) is 11.5 Å². The Labute approximate surface area is 188 Å². The molecule has 5 rings (SSSR count). The fourth-order valence-corrected chi connectivity index (χ4v) is 5.05. The zero-order valence-electron chi connectivity index (χ0n) is 17.4. The molecule has 0 radical (unpaired) electrons. The summed E-state index contributed by atoms with van der Waals surface area (Å²) < 4.78 is 8.07. The third kappa shape index (κ3) is 4.13. The van der Waals surface area contributed by atoms with Crippen molar-refractivity contribution in [2.75, 3.05) is 13.2 Å². The Morgan fingerprint density at radius 3 is 2.72 bits per heavy atom. The van der Waals surface area contributed by atoms with Crippen LogP contribution in [-0.2, 0) is 6.54 Å². The van der Waals surface area contributed by atoms with Gasteiger partial charge < -0.3 is 9.64 Å². The van der Waals surface area contributed by atoms with Crippen molar-refractivity contribution in [1.82, 2.24) is 19.7 Å². The van der Waals surface area contributed by atoms with Crippen molar-refractivity contribution >= 4 is 27.5 Å². The van der Waals surface area contributed by atoms with E-state index in [-0.39, 0.29) is 36.4 Å². The second-order valence-electron chi connectivity index (χ2n) is 7.62. The summed E-state index contributed by atoms with van der Waals surface area (Å²) >= 11 is 1.63. The van der Waals surface area contributed by atoms with Gasteiger partial charge in [-0.15, -0.1) is 11.3 Å². The van der Waals surface area contributed by atoms with Crippen molar-refractivity contribution < 1.29 is 9.53 Å². The van der Waals surface area contributed by atoms with E-state index in [1.807, 2.05) is 59.5 Å². The number of carbonyl (C=O) groups excluding carboxylic acids is 1. The standard InChI is InChI=1S/C24H22N4O3S/c29-22-13-12-19(26-28(22)15-16-31-17-7-2-1-3-8-17)24(30)27-14-6-10-20(27)23-25-18-9-4-5-11-21(18)32-23/h1-5,7-9,11-13,20H,6,10,14-16H2/t20-/m1/s1. The van der Waals surface area contributed by atoms with Gasteiger partial charge in [0.2, 0.25) is 0 Å². The third-order valence-electron chi connectivity index (χ3n) is 5.51. The van der Waals surface area contributed by atoms with Crippen molar-refractivity contribution in [2.24, 2.45) is 0 Å². The highest BCUT2D eigenvalue weighted by atomic mass is 32.1. The molecule has 1 amide bonds. The summed E-state index contributed by atoms with van der Waals surface area (Å²) in [6.07, 6.45) is 1.78. The molecule has 2 aromatic carbocycles. The fourth-order valence-electron chi connectivity index (χ4n) is 3.94. The number of ether oxygens (including phenoxy) is 1. The predicted molar refractivity (Wildman–Crippen MR) is 123 cm³/mol. The number of hydrogen-bond donors (Lipinski definition) is 0. The van der Waals surface area contributed by atoms with Crippen LogP contribution in [-0.4, -0.2) is 38.7 Å². The number of rotatable bonds is 6. The normalized spacial score (nSPS) is 15.9. The van der Waals surface area contributed by atoms with Crippen molar-refractivity contribution in [3.8, 4) is 5.75 Å². The van der Waals surface area contributed by atoms with Crippen LogP contribution in [0, 0.1) is 0 Å². The summed E-state index contributed by atoms with van der Waals surface area (Å²) in [7, 11) is 0. The molecule has 8 heteroatoms. The summed E-state index contributed by atoms with van der Waals surface area (Å²) in [5, 5.41) is 5.28. The highest BCUT2D eigenvalue weighted by molar-refractivity contribution is 7.18. The van der Waals surface area contributed by atoms with Gasteiger partial charge in [0.05, 0.1) is 22.8 Å². The Bertz CT molecular complexity index is 1270. The SMILES string of the molecule is O=C(c1ccc(=O)n(CCOc2ccccc2)n1)N1CCC[C@@H]1c1nc2ccccc2s1. The minimum atomic E-state index is -0.262. The van der Waals surface area contributed by atoms with Crippen LogP contribution in [0.4, 0.5) is 0 Å². The maximum Gasteiger partial charge on any atom is 0.274 e. The molecule has 1 aliphatic rings. The molecule has 0 unspecified atom stereocenters. The van der Waals surface area contributed by atoms with Gasteiger partial charge in [-0.3, -0.25) is 9.59 Å². The maximum atomic E-state index is 13.3. The lowest BCUT2D eigenvalue weighted by molar-refractivity contribution is 0.0726. The van der Waals surface area contributed by atoms with Crippen LogP contribution in [0.25, 0.3) is 10.2 Å². The largest absolute Gasteiger partial charge is 0.492 e. The number of amides is 1. The molecule has 162 valence electrons. The second-order valence-corrected chi connectivity index (χ2v) is 8.68. The summed E-state index contributed by atoms with van der Waals surface area (Å²) in [6, 6.07) is 20.2. The first-order valence-corrected chi connectivity index (χ1v) is 11.4. The van der Waals surface area contributed by atoms with E-state index < -0.39 is 0 Å². The van der Waals surface area contributed by atoms with Crippen LogP contribution in [0.5, 0.6) is 5.75 Å². The van der Waals surface area contributed by atoms with Gasteiger partial charge in [0, 0.05) is 12.6 Å². The summed E-state index contributed by atoms with van der Waals surface area (Å²) in [5.74, 6) is 0.549. The number of para-hydroxylation sites is 2. The molecule has 32 heavy (non-hydrogen) atoms. The van der Waals surface area contributed by atoms with Crippen molar-refractivity contribution in [1.29, 1.82) is 0 Å². The van der Waals surface area contributed by atoms with E-state index in [9.17, 15) is 9.59 Å². The summed E-state index contributed by atoms with van der Waals surface area (Å²) in [4.78, 5) is 32.1.